The fourth-order valence-electron chi connectivity index (χ4n) is 2.49. The molecule has 2 rings (SSSR count). The van der Waals surface area contributed by atoms with Gasteiger partial charge in [-0.25, -0.2) is 4.79 Å². The summed E-state index contributed by atoms with van der Waals surface area (Å²) in [5, 5.41) is 23.6. The Morgan fingerprint density at radius 2 is 2.07 bits per heavy atom. The van der Waals surface area contributed by atoms with Crippen molar-refractivity contribution >= 4 is 17.5 Å². The molecule has 1 aromatic rings. The van der Waals surface area contributed by atoms with Crippen molar-refractivity contribution in [2.45, 2.75) is 50.8 Å². The molecule has 1 saturated heterocycles. The summed E-state index contributed by atoms with van der Waals surface area (Å²) in [6.07, 6.45) is -1.67. The zero-order valence-electron chi connectivity index (χ0n) is 14.8. The molecule has 1 aromatic heterocycles. The summed E-state index contributed by atoms with van der Waals surface area (Å²) >= 11 is 0. The van der Waals surface area contributed by atoms with Gasteiger partial charge in [-0.2, -0.15) is 0 Å². The van der Waals surface area contributed by atoms with Gasteiger partial charge >= 0.3 is 5.69 Å². The van der Waals surface area contributed by atoms with Crippen LogP contribution in [0.25, 0.3) is 0 Å². The van der Waals surface area contributed by atoms with Gasteiger partial charge < -0.3 is 31.3 Å². The number of nitrogens with one attached hydrogen (secondary N) is 3. The van der Waals surface area contributed by atoms with Crippen LogP contribution in [0.4, 0.5) is 5.69 Å². The lowest BCUT2D eigenvalue weighted by atomic mass is 10.2. The fourth-order valence-corrected chi connectivity index (χ4v) is 2.49. The summed E-state index contributed by atoms with van der Waals surface area (Å²) in [6, 6.07) is -1.79. The Morgan fingerprint density at radius 3 is 2.63 bits per heavy atom. The topological polar surface area (TPSA) is 189 Å². The van der Waals surface area contributed by atoms with Gasteiger partial charge in [-0.1, -0.05) is 0 Å². The minimum atomic E-state index is -0.981. The maximum absolute atomic E-state index is 12.2. The number of rotatable bonds is 6. The molecule has 0 aliphatic carbocycles. The first kappa shape index (κ1) is 20.8. The van der Waals surface area contributed by atoms with Crippen LogP contribution in [0.15, 0.2) is 15.8 Å². The lowest BCUT2D eigenvalue weighted by molar-refractivity contribution is -0.126. The highest BCUT2D eigenvalue weighted by Crippen LogP contribution is 2.27. The van der Waals surface area contributed by atoms with Crippen LogP contribution < -0.4 is 27.6 Å². The van der Waals surface area contributed by atoms with Crippen molar-refractivity contribution in [3.8, 4) is 0 Å². The molecule has 150 valence electrons. The monoisotopic (exact) mass is 385 g/mol. The second-order valence-corrected chi connectivity index (χ2v) is 6.33. The van der Waals surface area contributed by atoms with E-state index in [1.54, 1.807) is 0 Å². The molecule has 5 atom stereocenters. The number of H-pyrrole nitrogens is 1. The number of aliphatic hydroxyl groups excluding tert-OH is 2. The predicted octanol–water partition coefficient (Wildman–Crippen LogP) is -3.03. The smallest absolute Gasteiger partial charge is 0.330 e. The third kappa shape index (κ3) is 4.80. The number of anilines is 1. The number of aromatic nitrogens is 2. The third-order valence-corrected chi connectivity index (χ3v) is 4.09. The van der Waals surface area contributed by atoms with Gasteiger partial charge in [0.05, 0.1) is 18.8 Å². The molecular formula is C15H23N5O7. The highest BCUT2D eigenvalue weighted by Gasteiger charge is 2.35. The molecule has 2 amide bonds. The van der Waals surface area contributed by atoms with E-state index in [0.29, 0.717) is 0 Å². The van der Waals surface area contributed by atoms with E-state index in [9.17, 15) is 24.3 Å². The average Bonchev–Trinajstić information content (AvgIpc) is 2.97. The van der Waals surface area contributed by atoms with Crippen molar-refractivity contribution in [2.75, 3.05) is 11.9 Å². The first-order valence-electron chi connectivity index (χ1n) is 8.30. The molecule has 0 unspecified atom stereocenters. The number of carbonyl (C=O) groups excluding carboxylic acids is 2. The molecule has 0 aromatic carbocycles. The van der Waals surface area contributed by atoms with Gasteiger partial charge in [-0.15, -0.1) is 0 Å². The molecule has 0 radical (unpaired) electrons. The zero-order valence-corrected chi connectivity index (χ0v) is 14.8. The van der Waals surface area contributed by atoms with E-state index in [4.69, 9.17) is 15.6 Å². The van der Waals surface area contributed by atoms with Gasteiger partial charge in [0, 0.05) is 12.6 Å². The molecule has 1 aliphatic heterocycles. The Morgan fingerprint density at radius 1 is 1.41 bits per heavy atom. The number of hydrogen-bond acceptors (Lipinski definition) is 8. The first-order chi connectivity index (χ1) is 12.6. The van der Waals surface area contributed by atoms with Crippen LogP contribution in [0.1, 0.15) is 26.5 Å². The Bertz CT molecular complexity index is 818. The number of ether oxygens (including phenoxy) is 1. The van der Waals surface area contributed by atoms with Crippen molar-refractivity contribution < 1.29 is 24.5 Å². The van der Waals surface area contributed by atoms with Crippen LogP contribution in [-0.4, -0.2) is 62.5 Å². The normalized spacial score (nSPS) is 24.3. The van der Waals surface area contributed by atoms with Gasteiger partial charge in [0.25, 0.3) is 5.56 Å². The Kier molecular flexibility index (Phi) is 6.49. The second kappa shape index (κ2) is 8.43. The lowest BCUT2D eigenvalue weighted by Crippen LogP contribution is -2.48. The summed E-state index contributed by atoms with van der Waals surface area (Å²) in [6.45, 7) is 2.43. The van der Waals surface area contributed by atoms with Gasteiger partial charge in [0.1, 0.15) is 24.1 Å². The van der Waals surface area contributed by atoms with Crippen LogP contribution in [-0.2, 0) is 14.3 Å². The van der Waals surface area contributed by atoms with Crippen LogP contribution in [0.3, 0.4) is 0 Å². The standard InChI is InChI=1S/C15H23N5O7/c1-6(16)12(23)17-7(2)13(24)18-8-4-20(15(26)19-14(8)25)11-3-9(22)10(5-21)27-11/h4,6-7,9-11,21-22H,3,5,16H2,1-2H3,(H,17,23)(H,18,24)(H,19,25,26)/t6-,7-,9-,10+,11+/m0/s1. The second-order valence-electron chi connectivity index (χ2n) is 6.33. The van der Waals surface area contributed by atoms with E-state index < -0.39 is 60.2 Å². The summed E-state index contributed by atoms with van der Waals surface area (Å²) in [7, 11) is 0. The van der Waals surface area contributed by atoms with Gasteiger partial charge in [-0.3, -0.25) is 23.9 Å². The van der Waals surface area contributed by atoms with Crippen molar-refractivity contribution in [1.82, 2.24) is 14.9 Å². The van der Waals surface area contributed by atoms with Crippen LogP contribution >= 0.6 is 0 Å². The van der Waals surface area contributed by atoms with Crippen molar-refractivity contribution in [1.29, 1.82) is 0 Å². The lowest BCUT2D eigenvalue weighted by Gasteiger charge is -2.17. The molecule has 1 aliphatic rings. The summed E-state index contributed by atoms with van der Waals surface area (Å²) < 4.78 is 6.37. The van der Waals surface area contributed by atoms with Crippen molar-refractivity contribution in [3.63, 3.8) is 0 Å². The number of aliphatic hydroxyl groups is 2. The Labute approximate surface area is 153 Å². The fraction of sp³-hybridized carbons (Fsp3) is 0.600. The third-order valence-electron chi connectivity index (χ3n) is 4.09. The largest absolute Gasteiger partial charge is 0.394 e. The number of carbonyl (C=O) groups is 2. The first-order valence-corrected chi connectivity index (χ1v) is 8.30. The molecule has 1 fully saturated rings. The molecule has 12 heteroatoms. The molecule has 12 nitrogen and oxygen atoms in total. The van der Waals surface area contributed by atoms with Gasteiger partial charge in [0.2, 0.25) is 11.8 Å². The number of nitrogens with two attached hydrogens (primary N) is 1. The van der Waals surface area contributed by atoms with E-state index in [2.05, 4.69) is 10.6 Å². The molecule has 0 spiro atoms. The predicted molar refractivity (Wildman–Crippen MR) is 92.8 cm³/mol. The Hall–Kier alpha value is -2.54. The maximum Gasteiger partial charge on any atom is 0.330 e. The van der Waals surface area contributed by atoms with Crippen molar-refractivity contribution in [2.24, 2.45) is 5.73 Å². The van der Waals surface area contributed by atoms with Crippen LogP contribution in [0.2, 0.25) is 0 Å². The van der Waals surface area contributed by atoms with Crippen LogP contribution in [0, 0.1) is 0 Å². The number of hydrogen-bond donors (Lipinski definition) is 6. The quantitative estimate of drug-likeness (QED) is 0.298. The summed E-state index contributed by atoms with van der Waals surface area (Å²) in [5.74, 6) is -1.24. The summed E-state index contributed by atoms with van der Waals surface area (Å²) in [5.41, 5.74) is 3.53. The number of aromatic amines is 1. The molecule has 0 bridgehead atoms. The Balaban J connectivity index is 2.18. The maximum atomic E-state index is 12.2. The highest BCUT2D eigenvalue weighted by molar-refractivity contribution is 5.97. The van der Waals surface area contributed by atoms with E-state index in [1.165, 1.54) is 13.8 Å². The number of nitrogens with zero attached hydrogens (tertiary/aromatic N) is 1. The highest BCUT2D eigenvalue weighted by atomic mass is 16.5. The van der Waals surface area contributed by atoms with E-state index in [1.807, 2.05) is 4.98 Å². The van der Waals surface area contributed by atoms with Crippen LogP contribution in [0.5, 0.6) is 0 Å². The minimum Gasteiger partial charge on any atom is -0.394 e. The van der Waals surface area contributed by atoms with Crippen molar-refractivity contribution in [3.05, 3.63) is 27.0 Å². The minimum absolute atomic E-state index is 0.0193. The molecule has 0 saturated carbocycles. The van der Waals surface area contributed by atoms with Gasteiger partial charge in [0.15, 0.2) is 0 Å². The molecular weight excluding hydrogens is 362 g/mol. The number of amides is 2. The molecule has 2 heterocycles. The SMILES string of the molecule is C[C@H](N)C(=O)N[C@@H](C)C(=O)Nc1cn([C@H]2C[C@H](O)[C@@H](CO)O2)c(=O)[nH]c1=O. The van der Waals surface area contributed by atoms with E-state index in [-0.39, 0.29) is 12.1 Å². The molecule has 27 heavy (non-hydrogen) atoms. The average molecular weight is 385 g/mol. The van der Waals surface area contributed by atoms with Gasteiger partial charge in [-0.05, 0) is 13.8 Å². The zero-order chi connectivity index (χ0) is 20.3. The molecule has 7 N–H and O–H groups in total. The van der Waals surface area contributed by atoms with E-state index in [0.717, 1.165) is 10.8 Å². The summed E-state index contributed by atoms with van der Waals surface area (Å²) in [4.78, 5) is 49.8. The van der Waals surface area contributed by atoms with E-state index >= 15 is 0 Å².